The van der Waals surface area contributed by atoms with Crippen LogP contribution in [-0.4, -0.2) is 6.54 Å². The molecule has 0 radical (unpaired) electrons. The van der Waals surface area contributed by atoms with Crippen LogP contribution in [0.15, 0.2) is 24.3 Å². The molecule has 0 unspecified atom stereocenters. The van der Waals surface area contributed by atoms with Gasteiger partial charge < -0.3 is 4.18 Å². The minimum absolute atomic E-state index is 0.974. The Balaban J connectivity index is 2.33. The summed E-state index contributed by atoms with van der Waals surface area (Å²) in [7, 11) is 0. The molecule has 2 nitrogen and oxygen atoms in total. The summed E-state index contributed by atoms with van der Waals surface area (Å²) in [5.41, 5.74) is 1.28. The molecule has 0 aromatic heterocycles. The first kappa shape index (κ1) is 7.00. The standard InChI is InChI=1S/C8H9NOS/c1-2-4-8-7(3-1)5-6-9-11-10-8/h1-4,9H,5-6H2. The fourth-order valence-electron chi connectivity index (χ4n) is 1.09. The summed E-state index contributed by atoms with van der Waals surface area (Å²) < 4.78 is 8.44. The summed E-state index contributed by atoms with van der Waals surface area (Å²) in [6, 6.07) is 8.13. The van der Waals surface area contributed by atoms with E-state index in [0.717, 1.165) is 18.7 Å². The fraction of sp³-hybridized carbons (Fsp3) is 0.250. The third-order valence-electron chi connectivity index (χ3n) is 1.66. The van der Waals surface area contributed by atoms with Gasteiger partial charge in [-0.15, -0.1) is 0 Å². The number of rotatable bonds is 0. The van der Waals surface area contributed by atoms with Crippen molar-refractivity contribution in [3.8, 4) is 5.75 Å². The van der Waals surface area contributed by atoms with Gasteiger partial charge in [-0.1, -0.05) is 18.2 Å². The van der Waals surface area contributed by atoms with Crippen LogP contribution in [0.5, 0.6) is 5.75 Å². The van der Waals surface area contributed by atoms with Crippen LogP contribution in [0.2, 0.25) is 0 Å². The van der Waals surface area contributed by atoms with Gasteiger partial charge in [0.15, 0.2) is 0 Å². The highest BCUT2D eigenvalue weighted by Crippen LogP contribution is 2.23. The van der Waals surface area contributed by atoms with E-state index < -0.39 is 0 Å². The number of hydrogen-bond acceptors (Lipinski definition) is 3. The van der Waals surface area contributed by atoms with Crippen molar-refractivity contribution in [2.75, 3.05) is 6.54 Å². The lowest BCUT2D eigenvalue weighted by atomic mass is 10.1. The van der Waals surface area contributed by atoms with Gasteiger partial charge in [-0.2, -0.15) is 0 Å². The number of benzene rings is 1. The van der Waals surface area contributed by atoms with Gasteiger partial charge in [0.1, 0.15) is 18.0 Å². The number of para-hydroxylation sites is 1. The molecule has 1 heterocycles. The Bertz CT molecular complexity index is 227. The lowest BCUT2D eigenvalue weighted by Gasteiger charge is -2.01. The molecule has 11 heavy (non-hydrogen) atoms. The third kappa shape index (κ3) is 1.49. The smallest absolute Gasteiger partial charge is 0.143 e. The van der Waals surface area contributed by atoms with Crippen LogP contribution in [0.25, 0.3) is 0 Å². The van der Waals surface area contributed by atoms with Gasteiger partial charge in [-0.25, -0.2) is 4.72 Å². The first-order valence-corrected chi connectivity index (χ1v) is 4.35. The Morgan fingerprint density at radius 3 is 3.27 bits per heavy atom. The van der Waals surface area contributed by atoms with Gasteiger partial charge in [0.2, 0.25) is 0 Å². The topological polar surface area (TPSA) is 21.3 Å². The highest BCUT2D eigenvalue weighted by Gasteiger charge is 2.06. The third-order valence-corrected chi connectivity index (χ3v) is 2.24. The minimum atomic E-state index is 0.974. The summed E-state index contributed by atoms with van der Waals surface area (Å²) in [4.78, 5) is 0. The normalized spacial score (nSPS) is 16.4. The van der Waals surface area contributed by atoms with Crippen LogP contribution in [0.1, 0.15) is 5.56 Å². The molecule has 0 amide bonds. The zero-order valence-electron chi connectivity index (χ0n) is 6.04. The largest absolute Gasteiger partial charge is 0.409 e. The van der Waals surface area contributed by atoms with Gasteiger partial charge >= 0.3 is 0 Å². The molecular weight excluding hydrogens is 158 g/mol. The second-order valence-corrected chi connectivity index (χ2v) is 3.04. The number of fused-ring (bicyclic) bond motifs is 1. The van der Waals surface area contributed by atoms with Crippen molar-refractivity contribution >= 4 is 12.2 Å². The SMILES string of the molecule is c1ccc2c(c1)CCNSO2. The Morgan fingerprint density at radius 2 is 2.27 bits per heavy atom. The molecule has 58 valence electrons. The summed E-state index contributed by atoms with van der Waals surface area (Å²) in [5, 5.41) is 0. The van der Waals surface area contributed by atoms with E-state index in [9.17, 15) is 0 Å². The molecular formula is C8H9NOS. The molecule has 1 aliphatic heterocycles. The van der Waals surface area contributed by atoms with Gasteiger partial charge in [0.25, 0.3) is 0 Å². The van der Waals surface area contributed by atoms with Gasteiger partial charge in [0.05, 0.1) is 0 Å². The zero-order chi connectivity index (χ0) is 7.52. The Morgan fingerprint density at radius 1 is 1.36 bits per heavy atom. The maximum absolute atomic E-state index is 5.35. The molecule has 3 heteroatoms. The first-order valence-electron chi connectivity index (χ1n) is 3.61. The average molecular weight is 167 g/mol. The summed E-state index contributed by atoms with van der Waals surface area (Å²) >= 11 is 1.31. The van der Waals surface area contributed by atoms with Crippen LogP contribution in [0.4, 0.5) is 0 Å². The predicted octanol–water partition coefficient (Wildman–Crippen LogP) is 1.77. The summed E-state index contributed by atoms with van der Waals surface area (Å²) in [5.74, 6) is 0.988. The van der Waals surface area contributed by atoms with Crippen molar-refractivity contribution in [3.63, 3.8) is 0 Å². The van der Waals surface area contributed by atoms with E-state index in [1.165, 1.54) is 17.8 Å². The van der Waals surface area contributed by atoms with E-state index >= 15 is 0 Å². The van der Waals surface area contributed by atoms with Crippen molar-refractivity contribution in [3.05, 3.63) is 29.8 Å². The quantitative estimate of drug-likeness (QED) is 0.470. The summed E-state index contributed by atoms with van der Waals surface area (Å²) in [6.45, 7) is 0.974. The first-order chi connectivity index (χ1) is 5.47. The van der Waals surface area contributed by atoms with Crippen LogP contribution >= 0.6 is 12.2 Å². The van der Waals surface area contributed by atoms with E-state index in [4.69, 9.17) is 4.18 Å². The molecule has 0 saturated heterocycles. The average Bonchev–Trinajstić information content (AvgIpc) is 2.28. The Kier molecular flexibility index (Phi) is 2.01. The van der Waals surface area contributed by atoms with E-state index in [2.05, 4.69) is 10.8 Å². The van der Waals surface area contributed by atoms with Gasteiger partial charge in [-0.3, -0.25) is 0 Å². The second kappa shape index (κ2) is 3.15. The number of hydrogen-bond donors (Lipinski definition) is 1. The zero-order valence-corrected chi connectivity index (χ0v) is 6.86. The molecule has 0 aliphatic carbocycles. The monoisotopic (exact) mass is 167 g/mol. The molecule has 0 atom stereocenters. The molecule has 1 aromatic carbocycles. The van der Waals surface area contributed by atoms with Crippen molar-refractivity contribution in [1.82, 2.24) is 4.72 Å². The molecule has 1 aliphatic rings. The van der Waals surface area contributed by atoms with Crippen LogP contribution in [0, 0.1) is 0 Å². The minimum Gasteiger partial charge on any atom is -0.409 e. The molecule has 0 spiro atoms. The molecule has 1 N–H and O–H groups in total. The molecule has 0 bridgehead atoms. The van der Waals surface area contributed by atoms with Crippen LogP contribution < -0.4 is 8.91 Å². The van der Waals surface area contributed by atoms with Gasteiger partial charge in [-0.05, 0) is 18.1 Å². The number of nitrogens with one attached hydrogen (secondary N) is 1. The molecule has 1 aromatic rings. The summed E-state index contributed by atoms with van der Waals surface area (Å²) in [6.07, 6.45) is 1.04. The van der Waals surface area contributed by atoms with Gasteiger partial charge in [0, 0.05) is 6.54 Å². The maximum atomic E-state index is 5.35. The van der Waals surface area contributed by atoms with Crippen molar-refractivity contribution in [1.29, 1.82) is 0 Å². The van der Waals surface area contributed by atoms with E-state index in [1.54, 1.807) is 0 Å². The van der Waals surface area contributed by atoms with Crippen LogP contribution in [0.3, 0.4) is 0 Å². The Labute approximate surface area is 70.3 Å². The van der Waals surface area contributed by atoms with E-state index in [-0.39, 0.29) is 0 Å². The molecule has 2 rings (SSSR count). The highest BCUT2D eigenvalue weighted by molar-refractivity contribution is 7.93. The van der Waals surface area contributed by atoms with E-state index in [1.807, 2.05) is 18.2 Å². The molecule has 0 saturated carbocycles. The lowest BCUT2D eigenvalue weighted by molar-refractivity contribution is 0.640. The highest BCUT2D eigenvalue weighted by atomic mass is 32.2. The van der Waals surface area contributed by atoms with Crippen molar-refractivity contribution in [2.24, 2.45) is 0 Å². The van der Waals surface area contributed by atoms with E-state index in [0.29, 0.717) is 0 Å². The second-order valence-electron chi connectivity index (χ2n) is 2.42. The van der Waals surface area contributed by atoms with Crippen molar-refractivity contribution < 1.29 is 4.18 Å². The van der Waals surface area contributed by atoms with Crippen molar-refractivity contribution in [2.45, 2.75) is 6.42 Å². The Hall–Kier alpha value is -0.670. The lowest BCUT2D eigenvalue weighted by Crippen LogP contribution is -2.05. The maximum Gasteiger partial charge on any atom is 0.143 e. The molecule has 0 fully saturated rings. The fourth-order valence-corrected chi connectivity index (χ4v) is 1.59. The predicted molar refractivity (Wildman–Crippen MR) is 46.4 cm³/mol. The van der Waals surface area contributed by atoms with Crippen LogP contribution in [-0.2, 0) is 6.42 Å².